The summed E-state index contributed by atoms with van der Waals surface area (Å²) in [6.07, 6.45) is 2.92. The van der Waals surface area contributed by atoms with Crippen LogP contribution in [0, 0.1) is 11.8 Å². The highest BCUT2D eigenvalue weighted by Gasteiger charge is 2.35. The number of hydrogen-bond donors (Lipinski definition) is 0. The Bertz CT molecular complexity index is 147. The number of piperidine rings is 2. The van der Waals surface area contributed by atoms with Crippen LogP contribution in [-0.2, 0) is 0 Å². The van der Waals surface area contributed by atoms with Crippen molar-refractivity contribution in [1.82, 2.24) is 9.80 Å². The molecule has 0 aromatic heterocycles. The van der Waals surface area contributed by atoms with Crippen LogP contribution in [0.3, 0.4) is 0 Å². The van der Waals surface area contributed by atoms with Crippen molar-refractivity contribution in [2.45, 2.75) is 12.8 Å². The zero-order chi connectivity index (χ0) is 7.97. The Labute approximate surface area is 74.5 Å². The van der Waals surface area contributed by atoms with Crippen LogP contribution in [0.2, 0.25) is 0 Å². The zero-order valence-electron chi connectivity index (χ0n) is 7.71. The average Bonchev–Trinajstić information content (AvgIpc) is 1.99. The summed E-state index contributed by atoms with van der Waals surface area (Å²) in [4.78, 5) is 5.41. The predicted octanol–water partition coefficient (Wildman–Crippen LogP) is 0.644. The molecular formula is C10H18N2. The molecule has 4 fully saturated rings. The summed E-state index contributed by atoms with van der Waals surface area (Å²) in [7, 11) is 0. The first-order chi connectivity index (χ1) is 5.90. The molecule has 2 heteroatoms. The maximum Gasteiger partial charge on any atom is 0.00221 e. The lowest BCUT2D eigenvalue weighted by molar-refractivity contribution is 0.00762. The Kier molecular flexibility index (Phi) is 1.66. The highest BCUT2D eigenvalue weighted by molar-refractivity contribution is 4.89. The zero-order valence-corrected chi connectivity index (χ0v) is 7.71. The molecule has 0 spiro atoms. The first kappa shape index (κ1) is 7.34. The maximum absolute atomic E-state index is 2.70. The Morgan fingerprint density at radius 3 is 1.75 bits per heavy atom. The van der Waals surface area contributed by atoms with Gasteiger partial charge in [0.1, 0.15) is 0 Å². The van der Waals surface area contributed by atoms with Crippen molar-refractivity contribution >= 4 is 0 Å². The molecule has 0 aromatic carbocycles. The Morgan fingerprint density at radius 1 is 0.750 bits per heavy atom. The average molecular weight is 166 g/mol. The monoisotopic (exact) mass is 166 g/mol. The van der Waals surface area contributed by atoms with E-state index in [0.717, 1.165) is 11.8 Å². The van der Waals surface area contributed by atoms with Gasteiger partial charge in [0, 0.05) is 26.2 Å². The van der Waals surface area contributed by atoms with E-state index in [1.54, 1.807) is 0 Å². The van der Waals surface area contributed by atoms with Gasteiger partial charge in [0.15, 0.2) is 0 Å². The summed E-state index contributed by atoms with van der Waals surface area (Å²) in [6.45, 7) is 8.31. The number of fused-ring (bicyclic) bond motifs is 2. The summed E-state index contributed by atoms with van der Waals surface area (Å²) in [5.41, 5.74) is 0. The third-order valence-electron chi connectivity index (χ3n) is 3.68. The fraction of sp³-hybridized carbons (Fsp3) is 1.00. The van der Waals surface area contributed by atoms with Crippen molar-refractivity contribution in [2.75, 3.05) is 39.3 Å². The Balaban J connectivity index is 1.83. The van der Waals surface area contributed by atoms with E-state index in [9.17, 15) is 0 Å². The normalized spacial score (nSPS) is 52.0. The molecule has 4 bridgehead atoms. The summed E-state index contributed by atoms with van der Waals surface area (Å²) >= 11 is 0. The summed E-state index contributed by atoms with van der Waals surface area (Å²) in [6, 6.07) is 0. The highest BCUT2D eigenvalue weighted by Crippen LogP contribution is 2.30. The highest BCUT2D eigenvalue weighted by atomic mass is 15.2. The van der Waals surface area contributed by atoms with Crippen molar-refractivity contribution in [3.05, 3.63) is 0 Å². The lowest BCUT2D eigenvalue weighted by Gasteiger charge is -2.48. The molecule has 0 saturated carbocycles. The smallest absolute Gasteiger partial charge is 0.00221 e. The minimum absolute atomic E-state index is 1.01. The third-order valence-corrected chi connectivity index (χ3v) is 3.68. The maximum atomic E-state index is 2.70. The van der Waals surface area contributed by atoms with Gasteiger partial charge >= 0.3 is 0 Å². The van der Waals surface area contributed by atoms with Crippen LogP contribution in [0.4, 0.5) is 0 Å². The van der Waals surface area contributed by atoms with Crippen molar-refractivity contribution in [3.63, 3.8) is 0 Å². The fourth-order valence-electron chi connectivity index (χ4n) is 3.38. The second-order valence-corrected chi connectivity index (χ2v) is 4.84. The minimum atomic E-state index is 1.01. The summed E-state index contributed by atoms with van der Waals surface area (Å²) < 4.78 is 0. The first-order valence-corrected chi connectivity index (χ1v) is 5.35. The minimum Gasteiger partial charge on any atom is -0.303 e. The van der Waals surface area contributed by atoms with Gasteiger partial charge in [-0.15, -0.1) is 0 Å². The van der Waals surface area contributed by atoms with E-state index in [-0.39, 0.29) is 0 Å². The lowest BCUT2D eigenvalue weighted by atomic mass is 9.83. The largest absolute Gasteiger partial charge is 0.303 e. The van der Waals surface area contributed by atoms with Gasteiger partial charge in [0.05, 0.1) is 0 Å². The van der Waals surface area contributed by atoms with Crippen molar-refractivity contribution in [3.8, 4) is 0 Å². The van der Waals surface area contributed by atoms with Crippen molar-refractivity contribution in [2.24, 2.45) is 11.8 Å². The molecule has 4 heterocycles. The Morgan fingerprint density at radius 2 is 1.25 bits per heavy atom. The fourth-order valence-corrected chi connectivity index (χ4v) is 3.38. The van der Waals surface area contributed by atoms with E-state index in [2.05, 4.69) is 9.80 Å². The van der Waals surface area contributed by atoms with Gasteiger partial charge in [-0.3, -0.25) is 0 Å². The van der Waals surface area contributed by atoms with Crippen molar-refractivity contribution in [1.29, 1.82) is 0 Å². The molecule has 0 aromatic rings. The standard InChI is InChI=1S/C10H18N2/c1-2-11-5-9-4-10(6-11)8-12(3-1)7-9/h9-10H,1-8H2. The number of nitrogens with zero attached hydrogens (tertiary/aromatic N) is 2. The van der Waals surface area contributed by atoms with Crippen LogP contribution in [0.15, 0.2) is 0 Å². The predicted molar refractivity (Wildman–Crippen MR) is 49.1 cm³/mol. The number of rotatable bonds is 0. The number of hydrogen-bond acceptors (Lipinski definition) is 2. The molecule has 4 rings (SSSR count). The molecule has 0 radical (unpaired) electrons. The molecule has 0 atom stereocenters. The molecule has 68 valence electrons. The molecule has 4 saturated heterocycles. The second kappa shape index (κ2) is 2.71. The van der Waals surface area contributed by atoms with Gasteiger partial charge in [-0.05, 0) is 37.8 Å². The second-order valence-electron chi connectivity index (χ2n) is 4.84. The van der Waals surface area contributed by atoms with Crippen LogP contribution in [-0.4, -0.2) is 49.1 Å². The van der Waals surface area contributed by atoms with E-state index >= 15 is 0 Å². The van der Waals surface area contributed by atoms with Crippen LogP contribution < -0.4 is 0 Å². The third kappa shape index (κ3) is 1.17. The van der Waals surface area contributed by atoms with Gasteiger partial charge in [0.2, 0.25) is 0 Å². The van der Waals surface area contributed by atoms with Gasteiger partial charge in [-0.1, -0.05) is 0 Å². The molecule has 0 N–H and O–H groups in total. The van der Waals surface area contributed by atoms with Gasteiger partial charge in [-0.25, -0.2) is 0 Å². The SMILES string of the molecule is C1CN2CC3CC(C2)CN(C1)C3. The van der Waals surface area contributed by atoms with E-state index in [1.165, 1.54) is 52.1 Å². The van der Waals surface area contributed by atoms with Gasteiger partial charge < -0.3 is 9.80 Å². The quantitative estimate of drug-likeness (QED) is 0.521. The van der Waals surface area contributed by atoms with E-state index in [4.69, 9.17) is 0 Å². The topological polar surface area (TPSA) is 6.48 Å². The molecule has 4 aliphatic rings. The lowest BCUT2D eigenvalue weighted by Crippen LogP contribution is -2.55. The molecule has 0 unspecified atom stereocenters. The van der Waals surface area contributed by atoms with E-state index in [1.807, 2.05) is 0 Å². The Hall–Kier alpha value is -0.0800. The van der Waals surface area contributed by atoms with Crippen molar-refractivity contribution < 1.29 is 0 Å². The molecule has 2 nitrogen and oxygen atoms in total. The van der Waals surface area contributed by atoms with Crippen LogP contribution in [0.25, 0.3) is 0 Å². The van der Waals surface area contributed by atoms with Crippen LogP contribution in [0.1, 0.15) is 12.8 Å². The molecular weight excluding hydrogens is 148 g/mol. The molecule has 4 aliphatic heterocycles. The summed E-state index contributed by atoms with van der Waals surface area (Å²) in [5.74, 6) is 2.02. The first-order valence-electron chi connectivity index (χ1n) is 5.35. The molecule has 0 aliphatic carbocycles. The van der Waals surface area contributed by atoms with E-state index in [0.29, 0.717) is 0 Å². The van der Waals surface area contributed by atoms with Gasteiger partial charge in [-0.2, -0.15) is 0 Å². The molecule has 12 heavy (non-hydrogen) atoms. The van der Waals surface area contributed by atoms with Crippen LogP contribution >= 0.6 is 0 Å². The van der Waals surface area contributed by atoms with Gasteiger partial charge in [0.25, 0.3) is 0 Å². The van der Waals surface area contributed by atoms with Crippen LogP contribution in [0.5, 0.6) is 0 Å². The molecule has 0 amide bonds. The summed E-state index contributed by atoms with van der Waals surface area (Å²) in [5, 5.41) is 0. The van der Waals surface area contributed by atoms with E-state index < -0.39 is 0 Å².